The van der Waals surface area contributed by atoms with E-state index in [1.807, 2.05) is 0 Å². The van der Waals surface area contributed by atoms with Gasteiger partial charge in [0.25, 0.3) is 0 Å². The SMILES string of the molecule is N[C@@H](CO)[C@H](O)c1ccc(Cl)c(F)c1. The van der Waals surface area contributed by atoms with E-state index in [0.717, 1.165) is 6.07 Å². The van der Waals surface area contributed by atoms with E-state index < -0.39 is 18.0 Å². The molecular formula is C9H11ClFNO2. The lowest BCUT2D eigenvalue weighted by atomic mass is 10.0. The predicted octanol–water partition coefficient (Wildman–Crippen LogP) is 0.832. The van der Waals surface area contributed by atoms with Crippen LogP contribution in [0.5, 0.6) is 0 Å². The van der Waals surface area contributed by atoms with Crippen molar-refractivity contribution in [2.24, 2.45) is 5.73 Å². The quantitative estimate of drug-likeness (QED) is 0.706. The summed E-state index contributed by atoms with van der Waals surface area (Å²) in [6.45, 7) is -0.370. The van der Waals surface area contributed by atoms with E-state index in [1.165, 1.54) is 12.1 Å². The van der Waals surface area contributed by atoms with E-state index in [2.05, 4.69) is 0 Å². The number of hydrogen-bond donors (Lipinski definition) is 3. The molecule has 5 heteroatoms. The van der Waals surface area contributed by atoms with Crippen LogP contribution >= 0.6 is 11.6 Å². The fraction of sp³-hybridized carbons (Fsp3) is 0.333. The minimum atomic E-state index is -1.09. The number of aliphatic hydroxyl groups is 2. The molecule has 0 heterocycles. The van der Waals surface area contributed by atoms with Crippen molar-refractivity contribution in [3.63, 3.8) is 0 Å². The Balaban J connectivity index is 2.91. The fourth-order valence-electron chi connectivity index (χ4n) is 1.04. The summed E-state index contributed by atoms with van der Waals surface area (Å²) in [5.41, 5.74) is 5.68. The Labute approximate surface area is 85.9 Å². The number of halogens is 2. The summed E-state index contributed by atoms with van der Waals surface area (Å²) < 4.78 is 13.0. The van der Waals surface area contributed by atoms with Gasteiger partial charge in [-0.2, -0.15) is 0 Å². The van der Waals surface area contributed by atoms with Gasteiger partial charge in [0, 0.05) is 0 Å². The highest BCUT2D eigenvalue weighted by Crippen LogP contribution is 2.21. The normalized spacial score (nSPS) is 15.2. The highest BCUT2D eigenvalue weighted by molar-refractivity contribution is 6.30. The molecule has 0 saturated heterocycles. The van der Waals surface area contributed by atoms with Crippen molar-refractivity contribution in [2.75, 3.05) is 6.61 Å². The Morgan fingerprint density at radius 3 is 2.64 bits per heavy atom. The van der Waals surface area contributed by atoms with E-state index in [-0.39, 0.29) is 11.6 Å². The molecule has 0 amide bonds. The van der Waals surface area contributed by atoms with Crippen LogP contribution in [-0.2, 0) is 0 Å². The van der Waals surface area contributed by atoms with E-state index in [9.17, 15) is 9.50 Å². The molecule has 0 unspecified atom stereocenters. The molecule has 78 valence electrons. The number of aliphatic hydroxyl groups excluding tert-OH is 2. The Morgan fingerprint density at radius 1 is 1.50 bits per heavy atom. The lowest BCUT2D eigenvalue weighted by Gasteiger charge is -2.16. The lowest BCUT2D eigenvalue weighted by molar-refractivity contribution is 0.109. The highest BCUT2D eigenvalue weighted by atomic mass is 35.5. The van der Waals surface area contributed by atoms with Gasteiger partial charge in [-0.15, -0.1) is 0 Å². The summed E-state index contributed by atoms with van der Waals surface area (Å²) in [5.74, 6) is -0.617. The maximum Gasteiger partial charge on any atom is 0.142 e. The van der Waals surface area contributed by atoms with Crippen LogP contribution in [-0.4, -0.2) is 22.9 Å². The van der Waals surface area contributed by atoms with Crippen LogP contribution in [0.25, 0.3) is 0 Å². The molecule has 0 saturated carbocycles. The van der Waals surface area contributed by atoms with Crippen molar-refractivity contribution in [1.82, 2.24) is 0 Å². The van der Waals surface area contributed by atoms with Gasteiger partial charge in [0.1, 0.15) is 5.82 Å². The Morgan fingerprint density at radius 2 is 2.14 bits per heavy atom. The van der Waals surface area contributed by atoms with E-state index in [0.29, 0.717) is 5.56 Å². The van der Waals surface area contributed by atoms with Crippen molar-refractivity contribution in [2.45, 2.75) is 12.1 Å². The second kappa shape index (κ2) is 4.70. The molecule has 0 radical (unpaired) electrons. The summed E-state index contributed by atoms with van der Waals surface area (Å²) >= 11 is 5.46. The third kappa shape index (κ3) is 2.42. The highest BCUT2D eigenvalue weighted by Gasteiger charge is 2.16. The standard InChI is InChI=1S/C9H11ClFNO2/c10-6-2-1-5(3-7(6)11)9(14)8(12)4-13/h1-3,8-9,13-14H,4,12H2/t8-,9+/m0/s1. The van der Waals surface area contributed by atoms with Gasteiger partial charge < -0.3 is 15.9 Å². The summed E-state index contributed by atoms with van der Waals surface area (Å²) in [6.07, 6.45) is -1.09. The lowest BCUT2D eigenvalue weighted by Crippen LogP contribution is -2.31. The molecular weight excluding hydrogens is 209 g/mol. The Kier molecular flexibility index (Phi) is 3.83. The van der Waals surface area contributed by atoms with Gasteiger partial charge in [0.15, 0.2) is 0 Å². The Bertz CT molecular complexity index is 322. The van der Waals surface area contributed by atoms with Crippen molar-refractivity contribution in [3.05, 3.63) is 34.6 Å². The minimum absolute atomic E-state index is 0.0153. The van der Waals surface area contributed by atoms with Crippen LogP contribution in [0.15, 0.2) is 18.2 Å². The fourth-order valence-corrected chi connectivity index (χ4v) is 1.16. The zero-order chi connectivity index (χ0) is 10.7. The van der Waals surface area contributed by atoms with Gasteiger partial charge >= 0.3 is 0 Å². The second-order valence-electron chi connectivity index (χ2n) is 2.96. The number of benzene rings is 1. The number of rotatable bonds is 3. The molecule has 0 aliphatic carbocycles. The molecule has 1 aromatic carbocycles. The van der Waals surface area contributed by atoms with Gasteiger partial charge in [-0.25, -0.2) is 4.39 Å². The molecule has 0 fully saturated rings. The molecule has 0 aliphatic heterocycles. The topological polar surface area (TPSA) is 66.5 Å². The molecule has 1 rings (SSSR count). The van der Waals surface area contributed by atoms with Crippen LogP contribution in [0.1, 0.15) is 11.7 Å². The summed E-state index contributed by atoms with van der Waals surface area (Å²) in [6, 6.07) is 3.07. The molecule has 0 aromatic heterocycles. The predicted molar refractivity (Wildman–Crippen MR) is 51.4 cm³/mol. The first kappa shape index (κ1) is 11.4. The molecule has 0 aliphatic rings. The molecule has 14 heavy (non-hydrogen) atoms. The maximum atomic E-state index is 13.0. The van der Waals surface area contributed by atoms with Crippen LogP contribution in [0.2, 0.25) is 5.02 Å². The molecule has 2 atom stereocenters. The van der Waals surface area contributed by atoms with Gasteiger partial charge in [-0.05, 0) is 17.7 Å². The minimum Gasteiger partial charge on any atom is -0.395 e. The van der Waals surface area contributed by atoms with E-state index in [1.54, 1.807) is 0 Å². The van der Waals surface area contributed by atoms with Crippen LogP contribution in [0, 0.1) is 5.82 Å². The van der Waals surface area contributed by atoms with Crippen LogP contribution < -0.4 is 5.73 Å². The third-order valence-electron chi connectivity index (χ3n) is 1.90. The van der Waals surface area contributed by atoms with Gasteiger partial charge in [0.05, 0.1) is 23.8 Å². The summed E-state index contributed by atoms with van der Waals surface area (Å²) in [5, 5.41) is 18.2. The summed E-state index contributed by atoms with van der Waals surface area (Å²) in [7, 11) is 0. The van der Waals surface area contributed by atoms with Crippen LogP contribution in [0.4, 0.5) is 4.39 Å². The third-order valence-corrected chi connectivity index (χ3v) is 2.21. The van der Waals surface area contributed by atoms with Crippen LogP contribution in [0.3, 0.4) is 0 Å². The molecule has 0 bridgehead atoms. The van der Waals surface area contributed by atoms with E-state index in [4.69, 9.17) is 22.4 Å². The Hall–Kier alpha value is -0.680. The average molecular weight is 220 g/mol. The molecule has 3 nitrogen and oxygen atoms in total. The van der Waals surface area contributed by atoms with Crippen molar-refractivity contribution in [3.8, 4) is 0 Å². The smallest absolute Gasteiger partial charge is 0.142 e. The van der Waals surface area contributed by atoms with Gasteiger partial charge in [-0.1, -0.05) is 17.7 Å². The zero-order valence-corrected chi connectivity index (χ0v) is 8.08. The average Bonchev–Trinajstić information content (AvgIpc) is 2.20. The van der Waals surface area contributed by atoms with E-state index >= 15 is 0 Å². The zero-order valence-electron chi connectivity index (χ0n) is 7.32. The monoisotopic (exact) mass is 219 g/mol. The van der Waals surface area contributed by atoms with Gasteiger partial charge in [-0.3, -0.25) is 0 Å². The first-order valence-electron chi connectivity index (χ1n) is 4.05. The second-order valence-corrected chi connectivity index (χ2v) is 3.37. The van der Waals surface area contributed by atoms with Crippen molar-refractivity contribution in [1.29, 1.82) is 0 Å². The maximum absolute atomic E-state index is 13.0. The molecule has 4 N–H and O–H groups in total. The van der Waals surface area contributed by atoms with Gasteiger partial charge in [0.2, 0.25) is 0 Å². The molecule has 0 spiro atoms. The first-order valence-corrected chi connectivity index (χ1v) is 4.43. The largest absolute Gasteiger partial charge is 0.395 e. The number of nitrogens with two attached hydrogens (primary N) is 1. The molecule has 1 aromatic rings. The van der Waals surface area contributed by atoms with Crippen molar-refractivity contribution >= 4 is 11.6 Å². The number of hydrogen-bond acceptors (Lipinski definition) is 3. The summed E-state index contributed by atoms with van der Waals surface area (Å²) in [4.78, 5) is 0. The van der Waals surface area contributed by atoms with Crippen molar-refractivity contribution < 1.29 is 14.6 Å². The first-order chi connectivity index (χ1) is 6.56.